The average molecular weight is 236 g/mol. The van der Waals surface area contributed by atoms with Crippen LogP contribution in [-0.2, 0) is 14.9 Å². The van der Waals surface area contributed by atoms with Crippen LogP contribution in [0.2, 0.25) is 0 Å². The van der Waals surface area contributed by atoms with E-state index < -0.39 is 21.9 Å². The SMILES string of the molecule is CCC(CS(=O)(=O)[O-])NC(=O)C(C)CC. The van der Waals surface area contributed by atoms with E-state index in [9.17, 15) is 17.8 Å². The quantitative estimate of drug-likeness (QED) is 0.679. The maximum atomic E-state index is 11.4. The predicted octanol–water partition coefficient (Wildman–Crippen LogP) is 0.472. The van der Waals surface area contributed by atoms with Gasteiger partial charge in [0.15, 0.2) is 0 Å². The summed E-state index contributed by atoms with van der Waals surface area (Å²) in [5, 5.41) is 2.56. The zero-order valence-electron chi connectivity index (χ0n) is 9.32. The van der Waals surface area contributed by atoms with Crippen molar-refractivity contribution in [2.45, 2.75) is 39.7 Å². The first-order valence-corrected chi connectivity index (χ1v) is 6.61. The lowest BCUT2D eigenvalue weighted by Crippen LogP contribution is -2.41. The molecule has 0 radical (unpaired) electrons. The first-order chi connectivity index (χ1) is 6.80. The van der Waals surface area contributed by atoms with E-state index in [4.69, 9.17) is 0 Å². The molecule has 6 heteroatoms. The molecule has 0 saturated carbocycles. The molecule has 90 valence electrons. The Morgan fingerprint density at radius 2 is 1.87 bits per heavy atom. The Labute approximate surface area is 91.0 Å². The van der Waals surface area contributed by atoms with Gasteiger partial charge in [0.1, 0.15) is 0 Å². The normalized spacial score (nSPS) is 15.7. The van der Waals surface area contributed by atoms with Crippen LogP contribution in [0.15, 0.2) is 0 Å². The highest BCUT2D eigenvalue weighted by atomic mass is 32.2. The van der Waals surface area contributed by atoms with Crippen LogP contribution in [0.25, 0.3) is 0 Å². The molecule has 0 aromatic carbocycles. The zero-order valence-corrected chi connectivity index (χ0v) is 10.1. The third kappa shape index (κ3) is 6.46. The highest BCUT2D eigenvalue weighted by Gasteiger charge is 2.16. The van der Waals surface area contributed by atoms with Crippen LogP contribution in [-0.4, -0.2) is 30.7 Å². The summed E-state index contributed by atoms with van der Waals surface area (Å²) >= 11 is 0. The van der Waals surface area contributed by atoms with Gasteiger partial charge in [-0.25, -0.2) is 8.42 Å². The summed E-state index contributed by atoms with van der Waals surface area (Å²) in [6, 6.07) is -0.575. The van der Waals surface area contributed by atoms with Crippen LogP contribution in [0.3, 0.4) is 0 Å². The Morgan fingerprint density at radius 1 is 1.33 bits per heavy atom. The maximum Gasteiger partial charge on any atom is 0.223 e. The van der Waals surface area contributed by atoms with Gasteiger partial charge in [-0.15, -0.1) is 0 Å². The zero-order chi connectivity index (χ0) is 12.1. The van der Waals surface area contributed by atoms with Crippen molar-refractivity contribution in [2.24, 2.45) is 5.92 Å². The number of amides is 1. The highest BCUT2D eigenvalue weighted by molar-refractivity contribution is 7.85. The summed E-state index contributed by atoms with van der Waals surface area (Å²) in [7, 11) is -4.28. The minimum Gasteiger partial charge on any atom is -0.748 e. The van der Waals surface area contributed by atoms with Crippen molar-refractivity contribution in [1.82, 2.24) is 5.32 Å². The summed E-state index contributed by atoms with van der Waals surface area (Å²) in [4.78, 5) is 11.4. The predicted molar refractivity (Wildman–Crippen MR) is 56.2 cm³/mol. The molecule has 0 rings (SSSR count). The summed E-state index contributed by atoms with van der Waals surface area (Å²) < 4.78 is 31.5. The van der Waals surface area contributed by atoms with Crippen molar-refractivity contribution in [2.75, 3.05) is 5.75 Å². The number of nitrogens with one attached hydrogen (secondary N) is 1. The van der Waals surface area contributed by atoms with Gasteiger partial charge in [-0.3, -0.25) is 4.79 Å². The average Bonchev–Trinajstić information content (AvgIpc) is 2.13. The monoisotopic (exact) mass is 236 g/mol. The molecular weight excluding hydrogens is 218 g/mol. The topological polar surface area (TPSA) is 86.3 Å². The molecule has 5 nitrogen and oxygen atoms in total. The summed E-state index contributed by atoms with van der Waals surface area (Å²) in [6.07, 6.45) is 1.12. The van der Waals surface area contributed by atoms with Crippen LogP contribution in [0, 0.1) is 5.92 Å². The van der Waals surface area contributed by atoms with E-state index in [1.807, 2.05) is 6.92 Å². The van der Waals surface area contributed by atoms with Gasteiger partial charge in [0.2, 0.25) is 5.91 Å². The van der Waals surface area contributed by atoms with E-state index in [0.717, 1.165) is 0 Å². The molecule has 0 fully saturated rings. The van der Waals surface area contributed by atoms with Crippen molar-refractivity contribution in [1.29, 1.82) is 0 Å². The van der Waals surface area contributed by atoms with Gasteiger partial charge in [0.05, 0.1) is 15.9 Å². The molecule has 0 aliphatic carbocycles. The third-order valence-electron chi connectivity index (χ3n) is 2.30. The van der Waals surface area contributed by atoms with E-state index in [2.05, 4.69) is 5.32 Å². The number of rotatable bonds is 6. The van der Waals surface area contributed by atoms with Crippen molar-refractivity contribution in [3.63, 3.8) is 0 Å². The van der Waals surface area contributed by atoms with E-state index in [0.29, 0.717) is 12.8 Å². The minimum atomic E-state index is -4.28. The van der Waals surface area contributed by atoms with Crippen LogP contribution < -0.4 is 5.32 Å². The Hall–Kier alpha value is -0.620. The van der Waals surface area contributed by atoms with Gasteiger partial charge >= 0.3 is 0 Å². The lowest BCUT2D eigenvalue weighted by atomic mass is 10.1. The fourth-order valence-electron chi connectivity index (χ4n) is 1.04. The van der Waals surface area contributed by atoms with Gasteiger partial charge in [-0.1, -0.05) is 20.8 Å². The highest BCUT2D eigenvalue weighted by Crippen LogP contribution is 2.03. The van der Waals surface area contributed by atoms with E-state index >= 15 is 0 Å². The van der Waals surface area contributed by atoms with E-state index in [-0.39, 0.29) is 11.8 Å². The molecule has 1 amide bonds. The smallest absolute Gasteiger partial charge is 0.223 e. The molecule has 0 saturated heterocycles. The molecule has 15 heavy (non-hydrogen) atoms. The summed E-state index contributed by atoms with van der Waals surface area (Å²) in [5.74, 6) is -0.896. The van der Waals surface area contributed by atoms with Gasteiger partial charge in [-0.2, -0.15) is 0 Å². The Kier molecular flexibility index (Phi) is 5.82. The molecule has 0 spiro atoms. The molecule has 0 aliphatic rings. The lowest BCUT2D eigenvalue weighted by molar-refractivity contribution is -0.125. The number of hydrogen-bond acceptors (Lipinski definition) is 4. The van der Waals surface area contributed by atoms with Gasteiger partial charge in [0.25, 0.3) is 0 Å². The lowest BCUT2D eigenvalue weighted by Gasteiger charge is -2.20. The van der Waals surface area contributed by atoms with Crippen molar-refractivity contribution >= 4 is 16.0 Å². The first kappa shape index (κ1) is 14.4. The number of carbonyl (C=O) groups is 1. The second-order valence-electron chi connectivity index (χ2n) is 3.65. The van der Waals surface area contributed by atoms with Crippen molar-refractivity contribution < 1.29 is 17.8 Å². The standard InChI is InChI=1S/C9H19NO4S/c1-4-7(3)9(11)10-8(5-2)6-15(12,13)14/h7-8H,4-6H2,1-3H3,(H,10,11)(H,12,13,14)/p-1. The van der Waals surface area contributed by atoms with Crippen molar-refractivity contribution in [3.05, 3.63) is 0 Å². The minimum absolute atomic E-state index is 0.159. The first-order valence-electron chi connectivity index (χ1n) is 5.04. The van der Waals surface area contributed by atoms with E-state index in [1.54, 1.807) is 13.8 Å². The van der Waals surface area contributed by atoms with Crippen LogP contribution in [0.4, 0.5) is 0 Å². The summed E-state index contributed by atoms with van der Waals surface area (Å²) in [6.45, 7) is 5.36. The molecular formula is C9H18NO4S-. The molecule has 0 aliphatic heterocycles. The molecule has 0 bridgehead atoms. The fourth-order valence-corrected chi connectivity index (χ4v) is 1.85. The Morgan fingerprint density at radius 3 is 2.20 bits per heavy atom. The summed E-state index contributed by atoms with van der Waals surface area (Å²) in [5.41, 5.74) is 0. The molecule has 0 heterocycles. The third-order valence-corrected chi connectivity index (χ3v) is 3.12. The number of carbonyl (C=O) groups excluding carboxylic acids is 1. The van der Waals surface area contributed by atoms with Crippen LogP contribution >= 0.6 is 0 Å². The molecule has 2 atom stereocenters. The number of hydrogen-bond donors (Lipinski definition) is 1. The van der Waals surface area contributed by atoms with Gasteiger partial charge in [0, 0.05) is 12.0 Å². The molecule has 2 unspecified atom stereocenters. The van der Waals surface area contributed by atoms with Gasteiger partial charge in [-0.05, 0) is 12.8 Å². The molecule has 1 N–H and O–H groups in total. The molecule has 0 aromatic rings. The van der Waals surface area contributed by atoms with Crippen LogP contribution in [0.5, 0.6) is 0 Å². The second kappa shape index (κ2) is 6.07. The van der Waals surface area contributed by atoms with E-state index in [1.165, 1.54) is 0 Å². The maximum absolute atomic E-state index is 11.4. The molecule has 0 aromatic heterocycles. The van der Waals surface area contributed by atoms with Crippen LogP contribution in [0.1, 0.15) is 33.6 Å². The largest absolute Gasteiger partial charge is 0.748 e. The second-order valence-corrected chi connectivity index (χ2v) is 5.10. The Balaban J connectivity index is 4.28. The fraction of sp³-hybridized carbons (Fsp3) is 0.889. The van der Waals surface area contributed by atoms with Gasteiger partial charge < -0.3 is 9.87 Å². The van der Waals surface area contributed by atoms with Crippen molar-refractivity contribution in [3.8, 4) is 0 Å². The Bertz CT molecular complexity index is 299.